The molecular formula is C19H23Cl2NO3. The maximum Gasteiger partial charge on any atom is 0.414 e. The first kappa shape index (κ1) is 18.6. The fraction of sp³-hybridized carbons (Fsp3) is 0.526. The molecule has 2 aliphatic rings. The topological polar surface area (TPSA) is 38.8 Å². The Morgan fingerprint density at radius 3 is 2.60 bits per heavy atom. The Labute approximate surface area is 158 Å². The van der Waals surface area contributed by atoms with E-state index in [-0.39, 0.29) is 16.9 Å². The van der Waals surface area contributed by atoms with Crippen molar-refractivity contribution >= 4 is 29.3 Å². The molecular weight excluding hydrogens is 361 g/mol. The lowest BCUT2D eigenvalue weighted by molar-refractivity contribution is 0.0238. The largest absolute Gasteiger partial charge is 0.443 e. The summed E-state index contributed by atoms with van der Waals surface area (Å²) >= 11 is 12.3. The Kier molecular flexibility index (Phi) is 4.59. The van der Waals surface area contributed by atoms with Gasteiger partial charge in [0.15, 0.2) is 0 Å². The van der Waals surface area contributed by atoms with E-state index in [1.807, 2.05) is 45.2 Å². The molecule has 1 aromatic carbocycles. The summed E-state index contributed by atoms with van der Waals surface area (Å²) in [7, 11) is 1.68. The summed E-state index contributed by atoms with van der Waals surface area (Å²) in [6, 6.07) is 5.73. The number of fused-ring (bicyclic) bond motifs is 1. The minimum Gasteiger partial charge on any atom is -0.443 e. The minimum atomic E-state index is -0.527. The van der Waals surface area contributed by atoms with Gasteiger partial charge in [-0.3, -0.25) is 4.90 Å². The van der Waals surface area contributed by atoms with Crippen molar-refractivity contribution in [1.82, 2.24) is 4.90 Å². The monoisotopic (exact) mass is 383 g/mol. The molecule has 6 heteroatoms. The Morgan fingerprint density at radius 2 is 2.00 bits per heavy atom. The lowest BCUT2D eigenvalue weighted by atomic mass is 9.84. The van der Waals surface area contributed by atoms with Gasteiger partial charge in [0.05, 0.1) is 16.7 Å². The van der Waals surface area contributed by atoms with Crippen molar-refractivity contribution in [1.29, 1.82) is 0 Å². The van der Waals surface area contributed by atoms with Gasteiger partial charge in [-0.15, -0.1) is 0 Å². The van der Waals surface area contributed by atoms with Gasteiger partial charge in [0.2, 0.25) is 0 Å². The van der Waals surface area contributed by atoms with E-state index < -0.39 is 5.60 Å². The molecule has 0 radical (unpaired) electrons. The number of carbonyl (C=O) groups excluding carboxylic acids is 1. The zero-order valence-corrected chi connectivity index (χ0v) is 16.4. The summed E-state index contributed by atoms with van der Waals surface area (Å²) < 4.78 is 11.0. The lowest BCUT2D eigenvalue weighted by Crippen LogP contribution is -2.42. The number of carbonyl (C=O) groups is 1. The molecule has 0 spiro atoms. The van der Waals surface area contributed by atoms with Crippen LogP contribution in [0.5, 0.6) is 0 Å². The van der Waals surface area contributed by atoms with E-state index in [2.05, 4.69) is 6.08 Å². The van der Waals surface area contributed by atoms with Crippen LogP contribution in [0.25, 0.3) is 0 Å². The third-order valence-electron chi connectivity index (χ3n) is 4.93. The summed E-state index contributed by atoms with van der Waals surface area (Å²) in [6.45, 7) is 6.69. The highest BCUT2D eigenvalue weighted by atomic mass is 35.5. The highest BCUT2D eigenvalue weighted by Gasteiger charge is 2.69. The van der Waals surface area contributed by atoms with E-state index in [0.29, 0.717) is 23.2 Å². The second-order valence-corrected chi connectivity index (χ2v) is 8.73. The quantitative estimate of drug-likeness (QED) is 0.734. The van der Waals surface area contributed by atoms with Gasteiger partial charge in [-0.25, -0.2) is 4.79 Å². The summed E-state index contributed by atoms with van der Waals surface area (Å²) in [5.41, 5.74) is 0.209. The molecule has 3 rings (SSSR count). The Morgan fingerprint density at radius 1 is 1.28 bits per heavy atom. The Bertz CT molecular complexity index is 728. The van der Waals surface area contributed by atoms with Crippen LogP contribution in [0.15, 0.2) is 30.5 Å². The number of rotatable bonds is 3. The predicted molar refractivity (Wildman–Crippen MR) is 99.1 cm³/mol. The van der Waals surface area contributed by atoms with Crippen LogP contribution in [0.3, 0.4) is 0 Å². The van der Waals surface area contributed by atoms with Gasteiger partial charge in [-0.05, 0) is 44.9 Å². The second-order valence-electron chi connectivity index (χ2n) is 7.91. The number of nitrogens with zero attached hydrogens (tertiary/aromatic N) is 1. The van der Waals surface area contributed by atoms with E-state index in [4.69, 9.17) is 32.7 Å². The molecule has 1 aliphatic heterocycles. The van der Waals surface area contributed by atoms with Crippen LogP contribution in [-0.4, -0.2) is 36.9 Å². The molecule has 2 unspecified atom stereocenters. The van der Waals surface area contributed by atoms with Crippen LogP contribution in [-0.2, 0) is 14.9 Å². The fourth-order valence-corrected chi connectivity index (χ4v) is 4.04. The smallest absolute Gasteiger partial charge is 0.414 e. The molecule has 1 saturated carbocycles. The first-order chi connectivity index (χ1) is 11.6. The number of amides is 1. The van der Waals surface area contributed by atoms with E-state index in [1.54, 1.807) is 12.0 Å². The molecule has 4 nitrogen and oxygen atoms in total. The molecule has 25 heavy (non-hydrogen) atoms. The maximum atomic E-state index is 12.4. The first-order valence-electron chi connectivity index (χ1n) is 8.26. The normalized spacial score (nSPS) is 27.8. The van der Waals surface area contributed by atoms with Crippen molar-refractivity contribution in [2.45, 2.75) is 38.2 Å². The molecule has 0 N–H and O–H groups in total. The zero-order valence-electron chi connectivity index (χ0n) is 14.9. The number of ether oxygens (including phenoxy) is 2. The summed E-state index contributed by atoms with van der Waals surface area (Å²) in [4.78, 5) is 14.1. The Balaban J connectivity index is 1.91. The maximum absolute atomic E-state index is 12.4. The standard InChI is InChI=1S/C19H23Cl2NO3/c1-17(2,3)25-16(23)22-8-7-19(10-18(19,11-22)12-24-4)13-5-6-14(20)15(21)9-13/h5-9H,10-12H2,1-4H3. The lowest BCUT2D eigenvalue weighted by Gasteiger charge is -2.34. The average Bonchev–Trinajstić information content (AvgIpc) is 3.17. The number of allylic oxidation sites excluding steroid dienone is 1. The second kappa shape index (κ2) is 6.19. The van der Waals surface area contributed by atoms with Crippen LogP contribution in [0, 0.1) is 5.41 Å². The van der Waals surface area contributed by atoms with Gasteiger partial charge in [-0.1, -0.05) is 35.3 Å². The van der Waals surface area contributed by atoms with Crippen LogP contribution in [0.1, 0.15) is 32.8 Å². The third-order valence-corrected chi connectivity index (χ3v) is 5.67. The molecule has 2 atom stereocenters. The fourth-order valence-electron chi connectivity index (χ4n) is 3.74. The van der Waals surface area contributed by atoms with E-state index in [1.165, 1.54) is 0 Å². The minimum absolute atomic E-state index is 0.176. The highest BCUT2D eigenvalue weighted by molar-refractivity contribution is 6.42. The number of hydrogen-bond acceptors (Lipinski definition) is 3. The SMILES string of the molecule is COCC12CN(C(=O)OC(C)(C)C)C=CC1(c1ccc(Cl)c(Cl)c1)C2. The number of halogens is 2. The molecule has 1 aliphatic carbocycles. The van der Waals surface area contributed by atoms with Crippen LogP contribution in [0.2, 0.25) is 10.0 Å². The summed E-state index contributed by atoms with van der Waals surface area (Å²) in [5.74, 6) is 0. The van der Waals surface area contributed by atoms with E-state index >= 15 is 0 Å². The van der Waals surface area contributed by atoms with Crippen molar-refractivity contribution in [3.63, 3.8) is 0 Å². The van der Waals surface area contributed by atoms with Gasteiger partial charge in [0.25, 0.3) is 0 Å². The summed E-state index contributed by atoms with van der Waals surface area (Å²) in [6.07, 6.45) is 4.44. The number of hydrogen-bond donors (Lipinski definition) is 0. The average molecular weight is 384 g/mol. The van der Waals surface area contributed by atoms with E-state index in [9.17, 15) is 4.79 Å². The number of benzene rings is 1. The van der Waals surface area contributed by atoms with Gasteiger partial charge >= 0.3 is 6.09 Å². The molecule has 0 saturated heterocycles. The number of methoxy groups -OCH3 is 1. The molecule has 1 amide bonds. The molecule has 136 valence electrons. The van der Waals surface area contributed by atoms with Crippen molar-refractivity contribution in [2.75, 3.05) is 20.3 Å². The molecule has 1 heterocycles. The molecule has 1 fully saturated rings. The van der Waals surface area contributed by atoms with E-state index in [0.717, 1.165) is 12.0 Å². The van der Waals surface area contributed by atoms with Gasteiger partial charge < -0.3 is 9.47 Å². The van der Waals surface area contributed by atoms with Crippen molar-refractivity contribution in [3.05, 3.63) is 46.1 Å². The van der Waals surface area contributed by atoms with Crippen molar-refractivity contribution in [3.8, 4) is 0 Å². The van der Waals surface area contributed by atoms with Crippen LogP contribution >= 0.6 is 23.2 Å². The van der Waals surface area contributed by atoms with Crippen molar-refractivity contribution in [2.24, 2.45) is 5.41 Å². The van der Waals surface area contributed by atoms with Gasteiger partial charge in [0.1, 0.15) is 5.60 Å². The van der Waals surface area contributed by atoms with Gasteiger partial charge in [-0.2, -0.15) is 0 Å². The third kappa shape index (κ3) is 3.27. The zero-order chi connectivity index (χ0) is 18.5. The predicted octanol–water partition coefficient (Wildman–Crippen LogP) is 5.03. The van der Waals surface area contributed by atoms with Gasteiger partial charge in [0, 0.05) is 30.7 Å². The van der Waals surface area contributed by atoms with Crippen LogP contribution < -0.4 is 0 Å². The first-order valence-corrected chi connectivity index (χ1v) is 9.02. The van der Waals surface area contributed by atoms with Crippen LogP contribution in [0.4, 0.5) is 4.79 Å². The highest BCUT2D eigenvalue weighted by Crippen LogP contribution is 2.67. The molecule has 0 bridgehead atoms. The molecule has 0 aromatic heterocycles. The Hall–Kier alpha value is -1.23. The molecule has 1 aromatic rings. The van der Waals surface area contributed by atoms with Crippen molar-refractivity contribution < 1.29 is 14.3 Å². The summed E-state index contributed by atoms with van der Waals surface area (Å²) in [5, 5.41) is 1.07.